The Morgan fingerprint density at radius 1 is 1.14 bits per heavy atom. The topological polar surface area (TPSA) is 66.9 Å². The first kappa shape index (κ1) is 21.4. The standard InChI is InChI=1S/C20H29ClN2O4S/c1-27-19-11-10-17(14-18(19)21)28(25,26)23(16-8-4-2-5-9-16)15-20(24)22-12-6-3-7-13-22/h10-11,14,16H,2-9,12-13,15H2,1H3. The Balaban J connectivity index is 1.88. The fourth-order valence-electron chi connectivity index (χ4n) is 4.10. The molecule has 0 spiro atoms. The van der Waals surface area contributed by atoms with E-state index in [4.69, 9.17) is 16.3 Å². The third kappa shape index (κ3) is 4.81. The van der Waals surface area contributed by atoms with Crippen molar-refractivity contribution >= 4 is 27.5 Å². The fourth-order valence-corrected chi connectivity index (χ4v) is 6.08. The Labute approximate surface area is 172 Å². The van der Waals surface area contributed by atoms with Crippen LogP contribution in [0.1, 0.15) is 51.4 Å². The summed E-state index contributed by atoms with van der Waals surface area (Å²) >= 11 is 6.17. The van der Waals surface area contributed by atoms with Crippen LogP contribution in [0.5, 0.6) is 5.75 Å². The summed E-state index contributed by atoms with van der Waals surface area (Å²) < 4.78 is 33.5. The van der Waals surface area contributed by atoms with E-state index in [1.165, 1.54) is 23.5 Å². The van der Waals surface area contributed by atoms with Gasteiger partial charge in [0, 0.05) is 19.1 Å². The van der Waals surface area contributed by atoms with Gasteiger partial charge in [-0.3, -0.25) is 4.79 Å². The highest BCUT2D eigenvalue weighted by molar-refractivity contribution is 7.89. The smallest absolute Gasteiger partial charge is 0.243 e. The van der Waals surface area contributed by atoms with Crippen LogP contribution in [-0.2, 0) is 14.8 Å². The van der Waals surface area contributed by atoms with Gasteiger partial charge in [0.15, 0.2) is 0 Å². The highest BCUT2D eigenvalue weighted by Gasteiger charge is 2.35. The van der Waals surface area contributed by atoms with Crippen LogP contribution in [0.25, 0.3) is 0 Å². The van der Waals surface area contributed by atoms with Gasteiger partial charge in [-0.2, -0.15) is 4.31 Å². The summed E-state index contributed by atoms with van der Waals surface area (Å²) in [5.74, 6) is 0.322. The lowest BCUT2D eigenvalue weighted by Gasteiger charge is -2.35. The molecule has 1 aromatic carbocycles. The van der Waals surface area contributed by atoms with Gasteiger partial charge in [-0.1, -0.05) is 30.9 Å². The van der Waals surface area contributed by atoms with Gasteiger partial charge in [-0.25, -0.2) is 8.42 Å². The molecule has 1 heterocycles. The Bertz CT molecular complexity index is 787. The largest absolute Gasteiger partial charge is 0.495 e. The zero-order valence-corrected chi connectivity index (χ0v) is 18.0. The van der Waals surface area contributed by atoms with Gasteiger partial charge in [0.2, 0.25) is 15.9 Å². The van der Waals surface area contributed by atoms with Crippen molar-refractivity contribution in [3.05, 3.63) is 23.2 Å². The van der Waals surface area contributed by atoms with Crippen molar-refractivity contribution in [3.63, 3.8) is 0 Å². The molecule has 6 nitrogen and oxygen atoms in total. The highest BCUT2D eigenvalue weighted by atomic mass is 35.5. The first-order chi connectivity index (χ1) is 13.4. The van der Waals surface area contributed by atoms with Crippen LogP contribution in [0.2, 0.25) is 5.02 Å². The predicted molar refractivity (Wildman–Crippen MR) is 109 cm³/mol. The van der Waals surface area contributed by atoms with Gasteiger partial charge in [0.1, 0.15) is 5.75 Å². The summed E-state index contributed by atoms with van der Waals surface area (Å²) in [5, 5.41) is 0.245. The molecule has 1 aliphatic carbocycles. The van der Waals surface area contributed by atoms with Gasteiger partial charge in [-0.15, -0.1) is 0 Å². The molecule has 0 radical (unpaired) electrons. The number of benzene rings is 1. The lowest BCUT2D eigenvalue weighted by atomic mass is 9.95. The molecule has 1 aromatic rings. The average molecular weight is 429 g/mol. The monoisotopic (exact) mass is 428 g/mol. The number of hydrogen-bond donors (Lipinski definition) is 0. The number of hydrogen-bond acceptors (Lipinski definition) is 4. The second-order valence-corrected chi connectivity index (χ2v) is 9.88. The number of carbonyl (C=O) groups excluding carboxylic acids is 1. The van der Waals surface area contributed by atoms with Crippen molar-refractivity contribution in [2.75, 3.05) is 26.7 Å². The number of carbonyl (C=O) groups is 1. The molecule has 1 aliphatic heterocycles. The van der Waals surface area contributed by atoms with Gasteiger partial charge in [0.05, 0.1) is 23.6 Å². The van der Waals surface area contributed by atoms with Crippen molar-refractivity contribution in [1.82, 2.24) is 9.21 Å². The number of piperidine rings is 1. The molecule has 1 saturated heterocycles. The molecule has 0 bridgehead atoms. The number of amides is 1. The van der Waals surface area contributed by atoms with Crippen LogP contribution in [0.4, 0.5) is 0 Å². The third-order valence-electron chi connectivity index (χ3n) is 5.71. The number of methoxy groups -OCH3 is 1. The summed E-state index contributed by atoms with van der Waals surface area (Å²) in [7, 11) is -2.35. The number of rotatable bonds is 6. The van der Waals surface area contributed by atoms with Gasteiger partial charge in [-0.05, 0) is 50.3 Å². The van der Waals surface area contributed by atoms with Crippen LogP contribution < -0.4 is 4.74 Å². The van der Waals surface area contributed by atoms with Gasteiger partial charge < -0.3 is 9.64 Å². The summed E-state index contributed by atoms with van der Waals surface area (Å²) in [6.07, 6.45) is 7.74. The highest BCUT2D eigenvalue weighted by Crippen LogP contribution is 2.32. The number of likely N-dealkylation sites (tertiary alicyclic amines) is 1. The Hall–Kier alpha value is -1.31. The third-order valence-corrected chi connectivity index (χ3v) is 7.90. The molecule has 1 amide bonds. The maximum Gasteiger partial charge on any atom is 0.243 e. The first-order valence-electron chi connectivity index (χ1n) is 10.1. The summed E-state index contributed by atoms with van der Waals surface area (Å²) in [6.45, 7) is 1.33. The van der Waals surface area contributed by atoms with Crippen LogP contribution in [-0.4, -0.2) is 56.3 Å². The van der Waals surface area contributed by atoms with E-state index in [1.54, 1.807) is 11.0 Å². The molecular weight excluding hydrogens is 400 g/mol. The summed E-state index contributed by atoms with van der Waals surface area (Å²) in [5.41, 5.74) is 0. The molecule has 156 valence electrons. The Kier molecular flexibility index (Phi) is 7.23. The molecular formula is C20H29ClN2O4S. The van der Waals surface area contributed by atoms with Crippen LogP contribution >= 0.6 is 11.6 Å². The van der Waals surface area contributed by atoms with E-state index in [0.29, 0.717) is 18.8 Å². The quantitative estimate of drug-likeness (QED) is 0.693. The van der Waals surface area contributed by atoms with Crippen molar-refractivity contribution < 1.29 is 17.9 Å². The second-order valence-electron chi connectivity index (χ2n) is 7.58. The number of halogens is 1. The minimum atomic E-state index is -3.84. The van der Waals surface area contributed by atoms with E-state index in [9.17, 15) is 13.2 Å². The zero-order chi connectivity index (χ0) is 20.1. The minimum absolute atomic E-state index is 0.101. The SMILES string of the molecule is COc1ccc(S(=O)(=O)N(CC(=O)N2CCCCC2)C2CCCCC2)cc1Cl. The van der Waals surface area contributed by atoms with Crippen LogP contribution in [0.3, 0.4) is 0 Å². The van der Waals surface area contributed by atoms with Crippen LogP contribution in [0.15, 0.2) is 23.1 Å². The van der Waals surface area contributed by atoms with Gasteiger partial charge in [0.25, 0.3) is 0 Å². The second kappa shape index (κ2) is 9.46. The molecule has 1 saturated carbocycles. The van der Waals surface area contributed by atoms with E-state index in [1.807, 2.05) is 0 Å². The number of nitrogens with zero attached hydrogens (tertiary/aromatic N) is 2. The first-order valence-corrected chi connectivity index (χ1v) is 11.9. The van der Waals surface area contributed by atoms with Crippen molar-refractivity contribution in [2.45, 2.75) is 62.3 Å². The Morgan fingerprint density at radius 2 is 1.79 bits per heavy atom. The molecule has 0 unspecified atom stereocenters. The summed E-state index contributed by atoms with van der Waals surface area (Å²) in [6, 6.07) is 4.33. The maximum absolute atomic E-state index is 13.5. The zero-order valence-electron chi connectivity index (χ0n) is 16.4. The summed E-state index contributed by atoms with van der Waals surface area (Å²) in [4.78, 5) is 14.8. The molecule has 0 N–H and O–H groups in total. The number of sulfonamides is 1. The molecule has 8 heteroatoms. The number of ether oxygens (including phenoxy) is 1. The molecule has 2 aliphatic rings. The fraction of sp³-hybridized carbons (Fsp3) is 0.650. The van der Waals surface area contributed by atoms with E-state index >= 15 is 0 Å². The minimum Gasteiger partial charge on any atom is -0.495 e. The van der Waals surface area contributed by atoms with E-state index in [0.717, 1.165) is 51.4 Å². The molecule has 3 rings (SSSR count). The van der Waals surface area contributed by atoms with Crippen molar-refractivity contribution in [2.24, 2.45) is 0 Å². The van der Waals surface area contributed by atoms with E-state index in [-0.39, 0.29) is 28.4 Å². The van der Waals surface area contributed by atoms with E-state index < -0.39 is 10.0 Å². The maximum atomic E-state index is 13.5. The van der Waals surface area contributed by atoms with E-state index in [2.05, 4.69) is 0 Å². The molecule has 0 atom stereocenters. The Morgan fingerprint density at radius 3 is 2.39 bits per heavy atom. The normalized spacial score (nSPS) is 19.0. The molecule has 28 heavy (non-hydrogen) atoms. The predicted octanol–water partition coefficient (Wildman–Crippen LogP) is 3.68. The average Bonchev–Trinajstić information content (AvgIpc) is 2.72. The van der Waals surface area contributed by atoms with Crippen LogP contribution in [0, 0.1) is 0 Å². The lowest BCUT2D eigenvalue weighted by molar-refractivity contribution is -0.132. The molecule has 2 fully saturated rings. The van der Waals surface area contributed by atoms with Crippen molar-refractivity contribution in [3.8, 4) is 5.75 Å². The lowest BCUT2D eigenvalue weighted by Crippen LogP contribution is -2.49. The van der Waals surface area contributed by atoms with Crippen molar-refractivity contribution in [1.29, 1.82) is 0 Å². The van der Waals surface area contributed by atoms with Gasteiger partial charge >= 0.3 is 0 Å². The molecule has 0 aromatic heterocycles.